The summed E-state index contributed by atoms with van der Waals surface area (Å²) in [6, 6.07) is 6.29. The van der Waals surface area contributed by atoms with Crippen molar-refractivity contribution in [2.24, 2.45) is 11.3 Å². The molecule has 0 aromatic carbocycles. The van der Waals surface area contributed by atoms with E-state index in [1.54, 1.807) is 10.5 Å². The first-order valence-corrected chi connectivity index (χ1v) is 9.37. The van der Waals surface area contributed by atoms with Gasteiger partial charge in [0.15, 0.2) is 0 Å². The topological polar surface area (TPSA) is 49.6 Å². The molecule has 0 radical (unpaired) electrons. The summed E-state index contributed by atoms with van der Waals surface area (Å²) in [5.74, 6) is 0.776. The van der Waals surface area contributed by atoms with Crippen molar-refractivity contribution in [2.45, 2.75) is 46.2 Å². The van der Waals surface area contributed by atoms with Crippen molar-refractivity contribution in [3.05, 3.63) is 46.0 Å². The van der Waals surface area contributed by atoms with Gasteiger partial charge >= 0.3 is 0 Å². The Labute approximate surface area is 149 Å². The lowest BCUT2D eigenvalue weighted by Gasteiger charge is -2.51. The molecule has 134 valence electrons. The third-order valence-electron chi connectivity index (χ3n) is 5.97. The van der Waals surface area contributed by atoms with Crippen LogP contribution in [0.3, 0.4) is 0 Å². The summed E-state index contributed by atoms with van der Waals surface area (Å²) < 4.78 is 1.63. The highest BCUT2D eigenvalue weighted by Gasteiger charge is 2.43. The summed E-state index contributed by atoms with van der Waals surface area (Å²) in [7, 11) is 0. The first-order valence-electron chi connectivity index (χ1n) is 9.37. The molecule has 5 nitrogen and oxygen atoms in total. The molecule has 0 saturated carbocycles. The van der Waals surface area contributed by atoms with Crippen LogP contribution in [0.2, 0.25) is 0 Å². The molecule has 2 saturated heterocycles. The standard InChI is InChI=1S/C20H28N4O/c1-14-4-5-17-22-16(10-18(25)24(17)11-14)12-23-8-6-15(7-9-23)19-20(2,3)13-21-19/h4-5,10-11,15,19,21H,6-9,12-13H2,1-3H3. The maximum Gasteiger partial charge on any atom is 0.258 e. The van der Waals surface area contributed by atoms with Crippen LogP contribution in [0.4, 0.5) is 0 Å². The number of hydrogen-bond acceptors (Lipinski definition) is 4. The van der Waals surface area contributed by atoms with Gasteiger partial charge in [0.25, 0.3) is 5.56 Å². The molecule has 0 bridgehead atoms. The van der Waals surface area contributed by atoms with Gasteiger partial charge in [-0.3, -0.25) is 14.1 Å². The lowest BCUT2D eigenvalue weighted by atomic mass is 9.68. The van der Waals surface area contributed by atoms with Gasteiger partial charge in [0.1, 0.15) is 5.65 Å². The second kappa shape index (κ2) is 6.22. The molecule has 25 heavy (non-hydrogen) atoms. The van der Waals surface area contributed by atoms with Crippen LogP contribution in [-0.2, 0) is 6.54 Å². The molecule has 0 spiro atoms. The molecular formula is C20H28N4O. The molecule has 0 aliphatic carbocycles. The number of piperidine rings is 1. The van der Waals surface area contributed by atoms with Crippen LogP contribution in [-0.4, -0.2) is 40.0 Å². The Bertz CT molecular complexity index is 833. The summed E-state index contributed by atoms with van der Waals surface area (Å²) in [5.41, 5.74) is 3.15. The van der Waals surface area contributed by atoms with Gasteiger partial charge in [0.2, 0.25) is 0 Å². The molecule has 1 N–H and O–H groups in total. The van der Waals surface area contributed by atoms with Gasteiger partial charge in [-0.15, -0.1) is 0 Å². The van der Waals surface area contributed by atoms with E-state index in [0.29, 0.717) is 11.5 Å². The molecule has 2 aromatic heterocycles. The number of aromatic nitrogens is 2. The average molecular weight is 340 g/mol. The normalized spacial score (nSPS) is 24.4. The van der Waals surface area contributed by atoms with Gasteiger partial charge in [-0.2, -0.15) is 0 Å². The Morgan fingerprint density at radius 1 is 1.28 bits per heavy atom. The Morgan fingerprint density at radius 3 is 2.68 bits per heavy atom. The van der Waals surface area contributed by atoms with Crippen molar-refractivity contribution in [2.75, 3.05) is 19.6 Å². The first kappa shape index (κ1) is 16.7. The third kappa shape index (κ3) is 3.23. The second-order valence-corrected chi connectivity index (χ2v) is 8.48. The minimum atomic E-state index is 0.0130. The molecule has 1 atom stereocenters. The summed E-state index contributed by atoms with van der Waals surface area (Å²) in [5, 5.41) is 3.63. The van der Waals surface area contributed by atoms with Crippen molar-refractivity contribution >= 4 is 5.65 Å². The highest BCUT2D eigenvalue weighted by molar-refractivity contribution is 5.39. The van der Waals surface area contributed by atoms with E-state index in [1.807, 2.05) is 25.3 Å². The Hall–Kier alpha value is -1.72. The number of pyridine rings is 1. The molecule has 2 aliphatic heterocycles. The number of nitrogens with zero attached hydrogens (tertiary/aromatic N) is 3. The van der Waals surface area contributed by atoms with Gasteiger partial charge in [-0.05, 0) is 55.8 Å². The lowest BCUT2D eigenvalue weighted by Crippen LogP contribution is -2.63. The molecule has 1 unspecified atom stereocenters. The fourth-order valence-corrected chi connectivity index (χ4v) is 4.45. The van der Waals surface area contributed by atoms with Crippen molar-refractivity contribution < 1.29 is 0 Å². The van der Waals surface area contributed by atoms with E-state index in [2.05, 4.69) is 29.0 Å². The quantitative estimate of drug-likeness (QED) is 0.931. The van der Waals surface area contributed by atoms with Crippen LogP contribution in [0.5, 0.6) is 0 Å². The number of aryl methyl sites for hydroxylation is 1. The van der Waals surface area contributed by atoms with Crippen LogP contribution in [0.1, 0.15) is 37.9 Å². The molecule has 2 aliphatic rings. The van der Waals surface area contributed by atoms with Crippen LogP contribution in [0, 0.1) is 18.3 Å². The Kier molecular flexibility index (Phi) is 4.16. The SMILES string of the molecule is Cc1ccc2nc(CN3CCC(C4NCC4(C)C)CC3)cc(=O)n2c1. The molecule has 2 fully saturated rings. The number of rotatable bonds is 3. The molecular weight excluding hydrogens is 312 g/mol. The number of fused-ring (bicyclic) bond motifs is 1. The van der Waals surface area contributed by atoms with Gasteiger partial charge in [-0.1, -0.05) is 19.9 Å². The number of nitrogens with one attached hydrogen (secondary N) is 1. The van der Waals surface area contributed by atoms with E-state index in [1.165, 1.54) is 12.8 Å². The number of hydrogen-bond donors (Lipinski definition) is 1. The highest BCUT2D eigenvalue weighted by Crippen LogP contribution is 2.37. The van der Waals surface area contributed by atoms with Crippen molar-refractivity contribution in [1.82, 2.24) is 19.6 Å². The molecule has 4 heterocycles. The summed E-state index contributed by atoms with van der Waals surface area (Å²) in [4.78, 5) is 19.5. The van der Waals surface area contributed by atoms with Gasteiger partial charge < -0.3 is 5.32 Å². The molecule has 4 rings (SSSR count). The lowest BCUT2D eigenvalue weighted by molar-refractivity contribution is 0.0380. The Morgan fingerprint density at radius 2 is 2.04 bits per heavy atom. The zero-order valence-corrected chi connectivity index (χ0v) is 15.5. The maximum atomic E-state index is 12.3. The van der Waals surface area contributed by atoms with E-state index in [0.717, 1.165) is 49.0 Å². The van der Waals surface area contributed by atoms with Gasteiger partial charge in [0, 0.05) is 31.4 Å². The smallest absolute Gasteiger partial charge is 0.258 e. The van der Waals surface area contributed by atoms with Crippen molar-refractivity contribution in [3.8, 4) is 0 Å². The fraction of sp³-hybridized carbons (Fsp3) is 0.600. The van der Waals surface area contributed by atoms with Crippen LogP contribution in [0.25, 0.3) is 5.65 Å². The highest BCUT2D eigenvalue weighted by atomic mass is 16.1. The van der Waals surface area contributed by atoms with E-state index < -0.39 is 0 Å². The van der Waals surface area contributed by atoms with Crippen LogP contribution in [0.15, 0.2) is 29.2 Å². The largest absolute Gasteiger partial charge is 0.313 e. The predicted octanol–water partition coefficient (Wildman–Crippen LogP) is 2.21. The van der Waals surface area contributed by atoms with Crippen LogP contribution >= 0.6 is 0 Å². The average Bonchev–Trinajstić information content (AvgIpc) is 2.56. The van der Waals surface area contributed by atoms with Gasteiger partial charge in [-0.25, -0.2) is 4.98 Å². The van der Waals surface area contributed by atoms with E-state index in [9.17, 15) is 4.79 Å². The zero-order chi connectivity index (χ0) is 17.6. The van der Waals surface area contributed by atoms with E-state index in [4.69, 9.17) is 0 Å². The molecule has 5 heteroatoms. The number of likely N-dealkylation sites (tertiary alicyclic amines) is 1. The van der Waals surface area contributed by atoms with Crippen LogP contribution < -0.4 is 10.9 Å². The van der Waals surface area contributed by atoms with Crippen molar-refractivity contribution in [3.63, 3.8) is 0 Å². The summed E-state index contributed by atoms with van der Waals surface area (Å²) >= 11 is 0. The van der Waals surface area contributed by atoms with E-state index in [-0.39, 0.29) is 5.56 Å². The molecule has 0 amide bonds. The second-order valence-electron chi connectivity index (χ2n) is 8.48. The maximum absolute atomic E-state index is 12.3. The third-order valence-corrected chi connectivity index (χ3v) is 5.97. The summed E-state index contributed by atoms with van der Waals surface area (Å²) in [6.07, 6.45) is 4.31. The minimum absolute atomic E-state index is 0.0130. The monoisotopic (exact) mass is 340 g/mol. The molecule has 2 aromatic rings. The minimum Gasteiger partial charge on any atom is -0.313 e. The van der Waals surface area contributed by atoms with Gasteiger partial charge in [0.05, 0.1) is 5.69 Å². The zero-order valence-electron chi connectivity index (χ0n) is 15.5. The predicted molar refractivity (Wildman–Crippen MR) is 99.8 cm³/mol. The summed E-state index contributed by atoms with van der Waals surface area (Å²) in [6.45, 7) is 10.8. The van der Waals surface area contributed by atoms with Crippen molar-refractivity contribution in [1.29, 1.82) is 0 Å². The van der Waals surface area contributed by atoms with E-state index >= 15 is 0 Å². The fourth-order valence-electron chi connectivity index (χ4n) is 4.45. The Balaban J connectivity index is 1.43. The first-order chi connectivity index (χ1) is 11.9.